The third kappa shape index (κ3) is 8.57. The zero-order valence-electron chi connectivity index (χ0n) is 27.7. The molecule has 0 radical (unpaired) electrons. The Hall–Kier alpha value is -6.11. The van der Waals surface area contributed by atoms with Crippen molar-refractivity contribution >= 4 is 81.4 Å². The fourth-order valence-electron chi connectivity index (χ4n) is 5.32. The number of oxime groups is 1. The molecule has 19 heteroatoms. The van der Waals surface area contributed by atoms with E-state index >= 15 is 0 Å². The molecule has 0 spiro atoms. The number of thiazole rings is 1. The van der Waals surface area contributed by atoms with E-state index in [0.29, 0.717) is 12.0 Å². The van der Waals surface area contributed by atoms with E-state index in [1.165, 1.54) is 41.4 Å². The van der Waals surface area contributed by atoms with E-state index in [1.54, 1.807) is 0 Å². The van der Waals surface area contributed by atoms with Gasteiger partial charge in [-0.2, -0.15) is 0 Å². The number of hydrogen-bond acceptors (Lipinski definition) is 14. The van der Waals surface area contributed by atoms with Gasteiger partial charge in [-0.15, -0.1) is 23.1 Å². The number of amides is 3. The van der Waals surface area contributed by atoms with Crippen LogP contribution in [0.2, 0.25) is 0 Å². The molecule has 0 bridgehead atoms. The van der Waals surface area contributed by atoms with Gasteiger partial charge in [0.25, 0.3) is 17.5 Å². The van der Waals surface area contributed by atoms with E-state index < -0.39 is 58.5 Å². The molecule has 4 aromatic rings. The topological polar surface area (TPSA) is 209 Å². The van der Waals surface area contributed by atoms with Crippen LogP contribution >= 0.6 is 34.7 Å². The first-order valence-electron chi connectivity index (χ1n) is 15.8. The van der Waals surface area contributed by atoms with Gasteiger partial charge in [0.2, 0.25) is 13.0 Å². The quantitative estimate of drug-likeness (QED) is 0.0432. The van der Waals surface area contributed by atoms with Crippen LogP contribution in [-0.2, 0) is 44.9 Å². The largest absolute Gasteiger partial charge is 0.456 e. The second-order valence-electron chi connectivity index (χ2n) is 11.3. The monoisotopic (exact) mass is 790 g/mol. The summed E-state index contributed by atoms with van der Waals surface area (Å²) in [7, 11) is 0. The first kappa shape index (κ1) is 37.6. The van der Waals surface area contributed by atoms with Crippen LogP contribution in [0.3, 0.4) is 0 Å². The molecule has 1 saturated heterocycles. The number of carbonyl (C=O) groups excluding carboxylic acids is 5. The van der Waals surface area contributed by atoms with Gasteiger partial charge < -0.3 is 24.9 Å². The molecule has 3 heterocycles. The van der Waals surface area contributed by atoms with Crippen molar-refractivity contribution in [2.24, 2.45) is 5.16 Å². The number of benzene rings is 3. The molecule has 1 fully saturated rings. The third-order valence-electron chi connectivity index (χ3n) is 7.86. The Bertz CT molecular complexity index is 2090. The van der Waals surface area contributed by atoms with Gasteiger partial charge in [-0.25, -0.2) is 14.6 Å². The van der Waals surface area contributed by atoms with E-state index in [4.69, 9.17) is 25.9 Å². The Labute approximate surface area is 319 Å². The van der Waals surface area contributed by atoms with Crippen molar-refractivity contribution in [3.05, 3.63) is 134 Å². The van der Waals surface area contributed by atoms with Gasteiger partial charge in [0.1, 0.15) is 29.4 Å². The number of hydrogen-bond donors (Lipinski definition) is 2. The van der Waals surface area contributed by atoms with Crippen molar-refractivity contribution in [1.82, 2.24) is 15.2 Å². The van der Waals surface area contributed by atoms with Crippen molar-refractivity contribution in [3.63, 3.8) is 0 Å². The Morgan fingerprint density at radius 2 is 1.72 bits per heavy atom. The maximum absolute atomic E-state index is 13.6. The van der Waals surface area contributed by atoms with Crippen molar-refractivity contribution < 1.29 is 43.2 Å². The van der Waals surface area contributed by atoms with Gasteiger partial charge in [-0.1, -0.05) is 77.4 Å². The Balaban J connectivity index is 1.13. The standard InChI is InChI=1S/C35H27ClN6O10S2/c36-24-17-53-33-28(32(46)41(33)29(24)34(47)50-15-20-11-13-23(14-12-20)42(48)49)39-31(45)27(25-18-54-35(38-25)37-19-43)40-51-16-26(44)52-30(21-7-3-1-4-8-21)22-9-5-2-6-10-22/h1-14,18-19,28,30,33H,15-17H2,(H,39,45)(H,37,38,43)/b40-27+/t28?,33-/m1/s1. The number of fused-ring (bicyclic) bond motifs is 1. The molecule has 276 valence electrons. The number of nitrogens with one attached hydrogen (secondary N) is 2. The third-order valence-corrected chi connectivity index (χ3v) is 10.4. The lowest BCUT2D eigenvalue weighted by atomic mass is 10.0. The molecule has 3 aromatic carbocycles. The molecule has 6 rings (SSSR count). The van der Waals surface area contributed by atoms with Crippen LogP contribution in [0.25, 0.3) is 0 Å². The molecule has 0 saturated carbocycles. The average molecular weight is 791 g/mol. The number of esters is 2. The van der Waals surface area contributed by atoms with Crippen LogP contribution in [0.15, 0.2) is 106 Å². The number of nitrogens with zero attached hydrogens (tertiary/aromatic N) is 4. The normalized spacial score (nSPS) is 16.5. The minimum atomic E-state index is -1.14. The summed E-state index contributed by atoms with van der Waals surface area (Å²) < 4.78 is 11.1. The first-order valence-corrected chi connectivity index (χ1v) is 18.1. The highest BCUT2D eigenvalue weighted by atomic mass is 35.5. The van der Waals surface area contributed by atoms with Crippen LogP contribution in [0, 0.1) is 10.1 Å². The smallest absolute Gasteiger partial charge is 0.356 e. The molecule has 2 atom stereocenters. The molecule has 2 N–H and O–H groups in total. The summed E-state index contributed by atoms with van der Waals surface area (Å²) in [5.41, 5.74) is 1.14. The SMILES string of the molecule is O=CNc1nc(/C(=N\OCC(=O)OC(c2ccccc2)c2ccccc2)C(=O)NC2C(=O)N3C(C(=O)OCc4ccc([N+](=O)[O-])cc4)=C(Cl)CS[C@H]23)cs1. The number of anilines is 1. The number of nitro groups is 1. The van der Waals surface area contributed by atoms with Crippen molar-refractivity contribution in [2.75, 3.05) is 17.7 Å². The van der Waals surface area contributed by atoms with Crippen LogP contribution in [0.5, 0.6) is 0 Å². The number of carbonyl (C=O) groups is 5. The first-order chi connectivity index (χ1) is 26.1. The summed E-state index contributed by atoms with van der Waals surface area (Å²) >= 11 is 8.54. The van der Waals surface area contributed by atoms with E-state index in [0.717, 1.165) is 27.4 Å². The van der Waals surface area contributed by atoms with Crippen LogP contribution in [0.4, 0.5) is 10.8 Å². The molecule has 1 aromatic heterocycles. The zero-order chi connectivity index (χ0) is 38.2. The lowest BCUT2D eigenvalue weighted by Crippen LogP contribution is -2.71. The number of halogens is 1. The lowest BCUT2D eigenvalue weighted by Gasteiger charge is -2.49. The van der Waals surface area contributed by atoms with Crippen molar-refractivity contribution in [3.8, 4) is 0 Å². The van der Waals surface area contributed by atoms with Gasteiger partial charge in [0.15, 0.2) is 16.9 Å². The summed E-state index contributed by atoms with van der Waals surface area (Å²) in [6.07, 6.45) is -0.352. The van der Waals surface area contributed by atoms with Crippen molar-refractivity contribution in [1.29, 1.82) is 0 Å². The molecule has 3 amide bonds. The van der Waals surface area contributed by atoms with Gasteiger partial charge in [-0.05, 0) is 28.8 Å². The predicted molar refractivity (Wildman–Crippen MR) is 196 cm³/mol. The maximum Gasteiger partial charge on any atom is 0.356 e. The highest BCUT2D eigenvalue weighted by molar-refractivity contribution is 8.00. The van der Waals surface area contributed by atoms with Gasteiger partial charge >= 0.3 is 11.9 Å². The molecule has 54 heavy (non-hydrogen) atoms. The summed E-state index contributed by atoms with van der Waals surface area (Å²) in [6, 6.07) is 22.4. The number of non-ortho nitro benzene ring substituents is 1. The highest BCUT2D eigenvalue weighted by Gasteiger charge is 2.54. The summed E-state index contributed by atoms with van der Waals surface area (Å²) in [4.78, 5) is 85.1. The number of rotatable bonds is 15. The fraction of sp³-hybridized carbons (Fsp3) is 0.171. The number of aromatic nitrogens is 1. The average Bonchev–Trinajstić information content (AvgIpc) is 3.65. The van der Waals surface area contributed by atoms with Crippen molar-refractivity contribution in [2.45, 2.75) is 24.1 Å². The van der Waals surface area contributed by atoms with Crippen LogP contribution in [0.1, 0.15) is 28.5 Å². The summed E-state index contributed by atoms with van der Waals surface area (Å²) in [6.45, 7) is -0.939. The zero-order valence-corrected chi connectivity index (χ0v) is 30.0. The Kier molecular flexibility index (Phi) is 12.0. The van der Waals surface area contributed by atoms with E-state index in [1.807, 2.05) is 60.7 Å². The highest BCUT2D eigenvalue weighted by Crippen LogP contribution is 2.42. The number of β-lactam (4-membered cyclic amide) rings is 1. The molecule has 0 aliphatic carbocycles. The molecule has 2 aliphatic heterocycles. The second-order valence-corrected chi connectivity index (χ2v) is 13.7. The Morgan fingerprint density at radius 1 is 1.06 bits per heavy atom. The Morgan fingerprint density at radius 3 is 2.35 bits per heavy atom. The molecule has 2 aliphatic rings. The molecular formula is C35H27ClN6O10S2. The maximum atomic E-state index is 13.6. The lowest BCUT2D eigenvalue weighted by molar-refractivity contribution is -0.384. The minimum absolute atomic E-state index is 0.0277. The molecule has 1 unspecified atom stereocenters. The number of thioether (sulfide) groups is 1. The molecular weight excluding hydrogens is 764 g/mol. The van der Waals surface area contributed by atoms with Gasteiger partial charge in [-0.3, -0.25) is 29.4 Å². The van der Waals surface area contributed by atoms with E-state index in [9.17, 15) is 34.1 Å². The van der Waals surface area contributed by atoms with Crippen LogP contribution in [-0.4, -0.2) is 74.5 Å². The fourth-order valence-corrected chi connectivity index (χ4v) is 7.52. The summed E-state index contributed by atoms with van der Waals surface area (Å²) in [5.74, 6) is -3.14. The summed E-state index contributed by atoms with van der Waals surface area (Å²) in [5, 5.41) is 20.6. The molecule has 16 nitrogen and oxygen atoms in total. The van der Waals surface area contributed by atoms with Crippen LogP contribution < -0.4 is 10.6 Å². The van der Waals surface area contributed by atoms with Gasteiger partial charge in [0.05, 0.1) is 9.96 Å². The van der Waals surface area contributed by atoms with Gasteiger partial charge in [0, 0.05) is 23.3 Å². The minimum Gasteiger partial charge on any atom is -0.456 e. The number of ether oxygens (including phenoxy) is 2. The predicted octanol–water partition coefficient (Wildman–Crippen LogP) is 4.27. The number of nitro benzene ring substituents is 1. The van der Waals surface area contributed by atoms with E-state index in [2.05, 4.69) is 20.8 Å². The second kappa shape index (κ2) is 17.1. The van der Waals surface area contributed by atoms with E-state index in [-0.39, 0.29) is 39.6 Å².